The molecule has 0 bridgehead atoms. The number of aryl methyl sites for hydroxylation is 1. The minimum absolute atomic E-state index is 0.0536. The summed E-state index contributed by atoms with van der Waals surface area (Å²) in [6.07, 6.45) is 1.30. The summed E-state index contributed by atoms with van der Waals surface area (Å²) in [5, 5.41) is 14.1. The van der Waals surface area contributed by atoms with Crippen molar-refractivity contribution in [1.82, 2.24) is 15.2 Å². The molecule has 2 aromatic carbocycles. The Morgan fingerprint density at radius 1 is 1.15 bits per heavy atom. The molecule has 1 heterocycles. The zero-order valence-corrected chi connectivity index (χ0v) is 20.1. The summed E-state index contributed by atoms with van der Waals surface area (Å²) in [4.78, 5) is 17.6. The van der Waals surface area contributed by atoms with Crippen molar-refractivity contribution in [3.05, 3.63) is 69.5 Å². The second-order valence-corrected chi connectivity index (χ2v) is 8.22. The van der Waals surface area contributed by atoms with E-state index >= 15 is 0 Å². The van der Waals surface area contributed by atoms with Gasteiger partial charge in [0.2, 0.25) is 0 Å². The highest BCUT2D eigenvalue weighted by Gasteiger charge is 2.14. The van der Waals surface area contributed by atoms with Gasteiger partial charge in [0.1, 0.15) is 0 Å². The van der Waals surface area contributed by atoms with Crippen LogP contribution < -0.4 is 20.3 Å². The Morgan fingerprint density at radius 3 is 2.67 bits per heavy atom. The first-order valence-corrected chi connectivity index (χ1v) is 11.3. The molecule has 3 aromatic rings. The first kappa shape index (κ1) is 24.5. The molecule has 0 aliphatic carbocycles. The number of hydrogen-bond donors (Lipinski definition) is 3. The van der Waals surface area contributed by atoms with Crippen molar-refractivity contribution in [2.24, 2.45) is 0 Å². The maximum Gasteiger partial charge on any atom is 0.253 e. The van der Waals surface area contributed by atoms with Gasteiger partial charge in [-0.25, -0.2) is 0 Å². The topological polar surface area (TPSA) is 86.8 Å². The zero-order valence-electron chi connectivity index (χ0n) is 19.3. The van der Waals surface area contributed by atoms with Gasteiger partial charge in [-0.2, -0.15) is 0 Å². The smallest absolute Gasteiger partial charge is 0.253 e. The number of aliphatic hydroxyl groups excluding tert-OH is 1. The Bertz CT molecular complexity index is 1160. The third kappa shape index (κ3) is 6.24. The number of hydrogen-bond acceptors (Lipinski definition) is 5. The molecule has 0 aliphatic heterocycles. The SMILES string of the molecule is COc1ccc(CCNC(=S)N(CCCO)Cc2cc3cccc(C)c3[nH]c2=O)cc1OC. The van der Waals surface area contributed by atoms with E-state index in [1.54, 1.807) is 14.2 Å². The predicted molar refractivity (Wildman–Crippen MR) is 135 cm³/mol. The van der Waals surface area contributed by atoms with Gasteiger partial charge in [0, 0.05) is 25.3 Å². The van der Waals surface area contributed by atoms with Crippen LogP contribution in [0.5, 0.6) is 11.5 Å². The van der Waals surface area contributed by atoms with Gasteiger partial charge >= 0.3 is 0 Å². The highest BCUT2D eigenvalue weighted by atomic mass is 32.1. The van der Waals surface area contributed by atoms with E-state index in [0.29, 0.717) is 48.2 Å². The molecule has 0 saturated heterocycles. The lowest BCUT2D eigenvalue weighted by atomic mass is 10.1. The number of para-hydroxylation sites is 1. The van der Waals surface area contributed by atoms with Crippen molar-refractivity contribution >= 4 is 28.2 Å². The molecule has 0 radical (unpaired) electrons. The summed E-state index contributed by atoms with van der Waals surface area (Å²) >= 11 is 5.63. The molecule has 3 rings (SSSR count). The number of fused-ring (bicyclic) bond motifs is 1. The third-order valence-electron chi connectivity index (χ3n) is 5.54. The van der Waals surface area contributed by atoms with Crippen LogP contribution in [0.15, 0.2) is 47.3 Å². The van der Waals surface area contributed by atoms with E-state index in [9.17, 15) is 9.90 Å². The van der Waals surface area contributed by atoms with Crippen LogP contribution in [0, 0.1) is 6.92 Å². The van der Waals surface area contributed by atoms with Crippen LogP contribution >= 0.6 is 12.2 Å². The largest absolute Gasteiger partial charge is 0.493 e. The fourth-order valence-electron chi connectivity index (χ4n) is 3.73. The molecule has 7 nitrogen and oxygen atoms in total. The number of aliphatic hydroxyl groups is 1. The molecule has 176 valence electrons. The van der Waals surface area contributed by atoms with E-state index in [4.69, 9.17) is 21.7 Å². The molecule has 0 fully saturated rings. The molecule has 0 saturated carbocycles. The molecule has 0 atom stereocenters. The number of nitrogens with zero attached hydrogens (tertiary/aromatic N) is 1. The van der Waals surface area contributed by atoms with Crippen LogP contribution in [-0.2, 0) is 13.0 Å². The minimum atomic E-state index is -0.126. The monoisotopic (exact) mass is 469 g/mol. The van der Waals surface area contributed by atoms with E-state index in [0.717, 1.165) is 28.5 Å². The fraction of sp³-hybridized carbons (Fsp3) is 0.360. The maximum atomic E-state index is 12.7. The number of aromatic amines is 1. The van der Waals surface area contributed by atoms with Crippen LogP contribution in [0.4, 0.5) is 0 Å². The van der Waals surface area contributed by atoms with Crippen molar-refractivity contribution in [2.75, 3.05) is 33.9 Å². The van der Waals surface area contributed by atoms with Crippen LogP contribution in [0.3, 0.4) is 0 Å². The maximum absolute atomic E-state index is 12.7. The van der Waals surface area contributed by atoms with Gasteiger partial charge < -0.3 is 29.8 Å². The number of nitrogens with one attached hydrogen (secondary N) is 2. The number of pyridine rings is 1. The molecular formula is C25H31N3O4S. The lowest BCUT2D eigenvalue weighted by Crippen LogP contribution is -2.41. The summed E-state index contributed by atoms with van der Waals surface area (Å²) < 4.78 is 10.7. The lowest BCUT2D eigenvalue weighted by Gasteiger charge is -2.26. The Morgan fingerprint density at radius 2 is 1.94 bits per heavy atom. The average Bonchev–Trinajstić information content (AvgIpc) is 2.82. The molecule has 8 heteroatoms. The molecule has 0 aliphatic rings. The Kier molecular flexibility index (Phi) is 8.68. The van der Waals surface area contributed by atoms with Crippen LogP contribution in [0.1, 0.15) is 23.1 Å². The summed E-state index contributed by atoms with van der Waals surface area (Å²) in [5.41, 5.74) is 3.48. The molecule has 0 unspecified atom stereocenters. The van der Waals surface area contributed by atoms with Crippen molar-refractivity contribution in [3.8, 4) is 11.5 Å². The van der Waals surface area contributed by atoms with E-state index in [1.165, 1.54) is 0 Å². The average molecular weight is 470 g/mol. The number of benzene rings is 2. The Labute approximate surface area is 199 Å². The minimum Gasteiger partial charge on any atom is -0.493 e. The van der Waals surface area contributed by atoms with Crippen molar-refractivity contribution in [3.63, 3.8) is 0 Å². The molecule has 0 amide bonds. The third-order valence-corrected chi connectivity index (χ3v) is 5.94. The summed E-state index contributed by atoms with van der Waals surface area (Å²) in [7, 11) is 3.23. The summed E-state index contributed by atoms with van der Waals surface area (Å²) in [5.74, 6) is 1.38. The summed E-state index contributed by atoms with van der Waals surface area (Å²) in [6, 6.07) is 13.7. The van der Waals surface area contributed by atoms with Gasteiger partial charge in [0.15, 0.2) is 16.6 Å². The number of aromatic nitrogens is 1. The van der Waals surface area contributed by atoms with Crippen LogP contribution in [-0.4, -0.2) is 54.0 Å². The fourth-order valence-corrected chi connectivity index (χ4v) is 3.99. The van der Waals surface area contributed by atoms with Gasteiger partial charge in [-0.1, -0.05) is 24.3 Å². The van der Waals surface area contributed by atoms with Crippen molar-refractivity contribution in [2.45, 2.75) is 26.3 Å². The standard InChI is InChI=1S/C25H31N3O4S/c1-17-6-4-7-19-15-20(24(30)27-23(17)19)16-28(12-5-13-29)25(33)26-11-10-18-8-9-21(31-2)22(14-18)32-3/h4,6-9,14-15,29H,5,10-13,16H2,1-3H3,(H,26,33)(H,27,30). The zero-order chi connectivity index (χ0) is 23.8. The van der Waals surface area contributed by atoms with E-state index < -0.39 is 0 Å². The van der Waals surface area contributed by atoms with Gasteiger partial charge in [-0.05, 0) is 66.7 Å². The van der Waals surface area contributed by atoms with Crippen molar-refractivity contribution in [1.29, 1.82) is 0 Å². The van der Waals surface area contributed by atoms with Crippen molar-refractivity contribution < 1.29 is 14.6 Å². The number of H-pyrrole nitrogens is 1. The number of rotatable bonds is 10. The number of ether oxygens (including phenoxy) is 2. The van der Waals surface area contributed by atoms with Gasteiger partial charge in [-0.3, -0.25) is 4.79 Å². The molecule has 0 spiro atoms. The molecular weight excluding hydrogens is 438 g/mol. The van der Waals surface area contributed by atoms with Crippen LogP contribution in [0.25, 0.3) is 10.9 Å². The Balaban J connectivity index is 1.68. The highest BCUT2D eigenvalue weighted by molar-refractivity contribution is 7.80. The first-order valence-electron chi connectivity index (χ1n) is 10.9. The highest BCUT2D eigenvalue weighted by Crippen LogP contribution is 2.27. The van der Waals surface area contributed by atoms with Gasteiger partial charge in [0.05, 0.1) is 26.3 Å². The lowest BCUT2D eigenvalue weighted by molar-refractivity contribution is 0.264. The van der Waals surface area contributed by atoms with E-state index in [2.05, 4.69) is 10.3 Å². The second-order valence-electron chi connectivity index (χ2n) is 7.83. The first-order chi connectivity index (χ1) is 16.0. The predicted octanol–water partition coefficient (Wildman–Crippen LogP) is 3.16. The molecule has 33 heavy (non-hydrogen) atoms. The van der Waals surface area contributed by atoms with Crippen LogP contribution in [0.2, 0.25) is 0 Å². The van der Waals surface area contributed by atoms with Gasteiger partial charge in [0.25, 0.3) is 5.56 Å². The molecule has 1 aromatic heterocycles. The molecule has 3 N–H and O–H groups in total. The number of methoxy groups -OCH3 is 2. The Hall–Kier alpha value is -3.10. The van der Waals surface area contributed by atoms with E-state index in [1.807, 2.05) is 54.3 Å². The van der Waals surface area contributed by atoms with Gasteiger partial charge in [-0.15, -0.1) is 0 Å². The quantitative estimate of drug-likeness (QED) is 0.393. The summed E-state index contributed by atoms with van der Waals surface area (Å²) in [6.45, 7) is 3.56. The second kappa shape index (κ2) is 11.7. The number of thiocarbonyl (C=S) groups is 1. The normalized spacial score (nSPS) is 10.8. The van der Waals surface area contributed by atoms with E-state index in [-0.39, 0.29) is 12.2 Å².